The summed E-state index contributed by atoms with van der Waals surface area (Å²) in [5.74, 6) is 0. The van der Waals surface area contributed by atoms with E-state index in [1.807, 2.05) is 33.0 Å². The quantitative estimate of drug-likeness (QED) is 0.847. The van der Waals surface area contributed by atoms with Gasteiger partial charge in [0.2, 0.25) is 0 Å². The molecule has 0 saturated heterocycles. The lowest BCUT2D eigenvalue weighted by atomic mass is 9.92. The molecule has 0 fully saturated rings. The summed E-state index contributed by atoms with van der Waals surface area (Å²) >= 11 is 10.2. The lowest BCUT2D eigenvalue weighted by molar-refractivity contribution is 0.0947. The first-order valence-corrected chi connectivity index (χ1v) is 7.56. The van der Waals surface area contributed by atoms with Gasteiger partial charge >= 0.3 is 0 Å². The minimum Gasteiger partial charge on any atom is -0.460 e. The summed E-state index contributed by atoms with van der Waals surface area (Å²) in [6.45, 7) is 4.05. The van der Waals surface area contributed by atoms with Crippen molar-refractivity contribution in [2.45, 2.75) is 19.4 Å². The van der Waals surface area contributed by atoms with Gasteiger partial charge in [-0.3, -0.25) is 0 Å². The number of rotatable bonds is 2. The largest absolute Gasteiger partial charge is 0.460 e. The van der Waals surface area contributed by atoms with E-state index in [9.17, 15) is 0 Å². The maximum Gasteiger partial charge on any atom is 0.262 e. The maximum absolute atomic E-state index is 5.74. The summed E-state index contributed by atoms with van der Waals surface area (Å²) in [5, 5.41) is 5.21. The number of hydrogen-bond donors (Lipinski definition) is 1. The normalized spacial score (nSPS) is 15.9. The van der Waals surface area contributed by atoms with Gasteiger partial charge in [-0.15, -0.1) is 0 Å². The first-order valence-electron chi connectivity index (χ1n) is 6.68. The number of benzene rings is 1. The lowest BCUT2D eigenvalue weighted by Gasteiger charge is -2.34. The molecule has 2 aromatic rings. The Balaban J connectivity index is 2.13. The topological polar surface area (TPSA) is 26.2 Å². The van der Waals surface area contributed by atoms with Crippen LogP contribution in [0.2, 0.25) is 0 Å². The van der Waals surface area contributed by atoms with Gasteiger partial charge in [-0.25, -0.2) is 0 Å². The molecule has 0 unspecified atom stereocenters. The van der Waals surface area contributed by atoms with E-state index in [1.165, 1.54) is 0 Å². The van der Waals surface area contributed by atoms with Crippen LogP contribution in [0.15, 0.2) is 30.3 Å². The molecule has 0 amide bonds. The van der Waals surface area contributed by atoms with Gasteiger partial charge in [0, 0.05) is 29.4 Å². The second-order valence-electron chi connectivity index (χ2n) is 5.61. The van der Waals surface area contributed by atoms with Crippen molar-refractivity contribution >= 4 is 40.7 Å². The van der Waals surface area contributed by atoms with Crippen LogP contribution in [0.25, 0.3) is 11.3 Å². The van der Waals surface area contributed by atoms with Crippen molar-refractivity contribution in [3.63, 3.8) is 0 Å². The fraction of sp³-hybridized carbons (Fsp3) is 0.250. The number of ether oxygens (including phenoxy) is 1. The summed E-state index contributed by atoms with van der Waals surface area (Å²) < 4.78 is 7.83. The van der Waals surface area contributed by atoms with Gasteiger partial charge < -0.3 is 14.6 Å². The standard InChI is InChI=1S/C16H16N2OS2/c1-16(2)12-8-10(4-6-13(12)17-15(21)19-16)14-7-5-11(9-20)18(14)3/h4-9H,1-3H3,(H,17,21). The van der Waals surface area contributed by atoms with Crippen molar-refractivity contribution in [2.75, 3.05) is 5.32 Å². The molecule has 1 N–H and O–H groups in total. The van der Waals surface area contributed by atoms with Crippen molar-refractivity contribution < 1.29 is 4.74 Å². The predicted molar refractivity (Wildman–Crippen MR) is 93.9 cm³/mol. The molecule has 3 rings (SSSR count). The van der Waals surface area contributed by atoms with Crippen LogP contribution in [0.1, 0.15) is 25.1 Å². The second-order valence-corrected chi connectivity index (χ2v) is 6.21. The van der Waals surface area contributed by atoms with Crippen LogP contribution in [0.4, 0.5) is 5.69 Å². The third-order valence-electron chi connectivity index (χ3n) is 3.83. The molecule has 2 heterocycles. The van der Waals surface area contributed by atoms with Gasteiger partial charge in [0.15, 0.2) is 0 Å². The predicted octanol–water partition coefficient (Wildman–Crippen LogP) is 4.00. The zero-order chi connectivity index (χ0) is 15.2. The van der Waals surface area contributed by atoms with Crippen LogP contribution in [-0.2, 0) is 17.4 Å². The summed E-state index contributed by atoms with van der Waals surface area (Å²) in [6, 6.07) is 10.4. The third-order valence-corrected chi connectivity index (χ3v) is 4.26. The Morgan fingerprint density at radius 1 is 1.24 bits per heavy atom. The van der Waals surface area contributed by atoms with E-state index in [0.717, 1.165) is 28.2 Å². The van der Waals surface area contributed by atoms with E-state index in [1.54, 1.807) is 5.37 Å². The van der Waals surface area contributed by atoms with Crippen LogP contribution in [0, 0.1) is 0 Å². The minimum atomic E-state index is -0.439. The molecule has 1 aromatic carbocycles. The zero-order valence-electron chi connectivity index (χ0n) is 12.1. The van der Waals surface area contributed by atoms with Gasteiger partial charge in [0.1, 0.15) is 5.60 Å². The van der Waals surface area contributed by atoms with E-state index in [4.69, 9.17) is 29.2 Å². The summed E-state index contributed by atoms with van der Waals surface area (Å²) in [6.07, 6.45) is 0. The molecule has 108 valence electrons. The molecule has 0 aliphatic carbocycles. The third kappa shape index (κ3) is 2.36. The van der Waals surface area contributed by atoms with Crippen molar-refractivity contribution in [1.29, 1.82) is 0 Å². The fourth-order valence-corrected chi connectivity index (χ4v) is 3.22. The highest BCUT2D eigenvalue weighted by Gasteiger charge is 2.31. The first kappa shape index (κ1) is 14.2. The summed E-state index contributed by atoms with van der Waals surface area (Å²) in [5.41, 5.74) is 4.94. The van der Waals surface area contributed by atoms with Crippen molar-refractivity contribution in [2.24, 2.45) is 7.05 Å². The van der Waals surface area contributed by atoms with Gasteiger partial charge in [-0.1, -0.05) is 18.3 Å². The van der Waals surface area contributed by atoms with Crippen LogP contribution < -0.4 is 5.32 Å². The van der Waals surface area contributed by atoms with E-state index in [2.05, 4.69) is 28.1 Å². The van der Waals surface area contributed by atoms with Crippen LogP contribution in [0.5, 0.6) is 0 Å². The summed E-state index contributed by atoms with van der Waals surface area (Å²) in [7, 11) is 2.02. The number of thiocarbonyl (C=S) groups is 2. The van der Waals surface area contributed by atoms with Crippen molar-refractivity contribution in [3.05, 3.63) is 41.6 Å². The van der Waals surface area contributed by atoms with Gasteiger partial charge in [-0.05, 0) is 55.9 Å². The SMILES string of the molecule is Cn1c(C=S)ccc1-c1ccc2c(c1)C(C)(C)OC(=S)N2. The highest BCUT2D eigenvalue weighted by Crippen LogP contribution is 2.38. The van der Waals surface area contributed by atoms with Crippen molar-refractivity contribution in [1.82, 2.24) is 4.57 Å². The molecule has 21 heavy (non-hydrogen) atoms. The second kappa shape index (κ2) is 4.93. The van der Waals surface area contributed by atoms with E-state index >= 15 is 0 Å². The zero-order valence-corrected chi connectivity index (χ0v) is 13.8. The number of fused-ring (bicyclic) bond motifs is 1. The van der Waals surface area contributed by atoms with Crippen LogP contribution in [0.3, 0.4) is 0 Å². The monoisotopic (exact) mass is 316 g/mol. The molecule has 3 nitrogen and oxygen atoms in total. The first-order chi connectivity index (χ1) is 9.92. The fourth-order valence-electron chi connectivity index (χ4n) is 2.67. The lowest BCUT2D eigenvalue weighted by Crippen LogP contribution is -2.34. The smallest absolute Gasteiger partial charge is 0.262 e. The number of anilines is 1. The molecule has 0 spiro atoms. The van der Waals surface area contributed by atoms with E-state index in [-0.39, 0.29) is 0 Å². The van der Waals surface area contributed by atoms with Crippen LogP contribution in [-0.4, -0.2) is 15.1 Å². The molecule has 0 atom stereocenters. The van der Waals surface area contributed by atoms with Crippen molar-refractivity contribution in [3.8, 4) is 11.3 Å². The molecule has 5 heteroatoms. The molecular weight excluding hydrogens is 300 g/mol. The number of aromatic nitrogens is 1. The number of nitrogens with zero attached hydrogens (tertiary/aromatic N) is 1. The van der Waals surface area contributed by atoms with Gasteiger partial charge in [0.25, 0.3) is 5.17 Å². The van der Waals surface area contributed by atoms with Gasteiger partial charge in [0.05, 0.1) is 5.69 Å². The Morgan fingerprint density at radius 3 is 2.67 bits per heavy atom. The Hall–Kier alpha value is -1.72. The highest BCUT2D eigenvalue weighted by atomic mass is 32.1. The van der Waals surface area contributed by atoms with Gasteiger partial charge in [-0.2, -0.15) is 0 Å². The Labute approximate surface area is 134 Å². The molecule has 0 saturated carbocycles. The molecular formula is C16H16N2OS2. The molecule has 0 radical (unpaired) electrons. The highest BCUT2D eigenvalue weighted by molar-refractivity contribution is 7.80. The van der Waals surface area contributed by atoms with E-state index in [0.29, 0.717) is 5.17 Å². The Bertz CT molecular complexity index is 747. The maximum atomic E-state index is 5.74. The van der Waals surface area contributed by atoms with E-state index < -0.39 is 5.60 Å². The molecule has 1 aliphatic heterocycles. The summed E-state index contributed by atoms with van der Waals surface area (Å²) in [4.78, 5) is 0. The molecule has 0 bridgehead atoms. The average Bonchev–Trinajstić information content (AvgIpc) is 2.78. The van der Waals surface area contributed by atoms with Crippen LogP contribution >= 0.6 is 24.4 Å². The number of nitrogens with one attached hydrogen (secondary N) is 1. The average molecular weight is 316 g/mol. The Morgan fingerprint density at radius 2 is 2.00 bits per heavy atom. The number of hydrogen-bond acceptors (Lipinski definition) is 3. The minimum absolute atomic E-state index is 0.419. The molecule has 1 aliphatic rings. The molecule has 1 aromatic heterocycles. The Kier molecular flexibility index (Phi) is 3.34.